The molecule has 0 heterocycles. The van der Waals surface area contributed by atoms with E-state index in [4.69, 9.17) is 11.6 Å². The molecule has 0 fully saturated rings. The molecule has 23 heavy (non-hydrogen) atoms. The number of halogens is 1. The number of rotatable bonds is 3. The highest BCUT2D eigenvalue weighted by molar-refractivity contribution is 6.30. The maximum absolute atomic E-state index is 11.5. The van der Waals surface area contributed by atoms with Gasteiger partial charge in [0.25, 0.3) is 0 Å². The zero-order valence-electron chi connectivity index (χ0n) is 13.6. The largest absolute Gasteiger partial charge is 0.326 e. The topological polar surface area (TPSA) is 29.1 Å². The first-order chi connectivity index (χ1) is 10.9. The van der Waals surface area contributed by atoms with E-state index in [0.717, 1.165) is 28.3 Å². The first-order valence-electron chi connectivity index (χ1n) is 7.75. The highest BCUT2D eigenvalue weighted by Crippen LogP contribution is 2.56. The van der Waals surface area contributed by atoms with Gasteiger partial charge in [-0.05, 0) is 46.7 Å². The first kappa shape index (κ1) is 15.8. The summed E-state index contributed by atoms with van der Waals surface area (Å²) in [5.74, 6) is -0.0547. The SMILES string of the molecule is CC(=O)Nc1ccccc1C1=C(c2cccc(Cl)c2)C(C)(C)C1. The Labute approximate surface area is 142 Å². The molecule has 0 aromatic heterocycles. The normalized spacial score (nSPS) is 16.0. The second-order valence-electron chi connectivity index (χ2n) is 6.65. The second kappa shape index (κ2) is 5.86. The lowest BCUT2D eigenvalue weighted by atomic mass is 9.62. The van der Waals surface area contributed by atoms with Gasteiger partial charge in [0.05, 0.1) is 0 Å². The highest BCUT2D eigenvalue weighted by atomic mass is 35.5. The van der Waals surface area contributed by atoms with Crippen molar-refractivity contribution < 1.29 is 4.79 Å². The van der Waals surface area contributed by atoms with Crippen LogP contribution < -0.4 is 5.32 Å². The van der Waals surface area contributed by atoms with E-state index in [9.17, 15) is 4.79 Å². The molecular formula is C20H20ClNO. The van der Waals surface area contributed by atoms with Crippen molar-refractivity contribution in [3.63, 3.8) is 0 Å². The predicted molar refractivity (Wildman–Crippen MR) is 97.4 cm³/mol. The maximum atomic E-state index is 11.5. The fourth-order valence-corrected chi connectivity index (χ4v) is 3.59. The number of para-hydroxylation sites is 1. The fraction of sp³-hybridized carbons (Fsp3) is 0.250. The molecule has 0 atom stereocenters. The molecule has 1 aliphatic carbocycles. The molecule has 2 aromatic rings. The fourth-order valence-electron chi connectivity index (χ4n) is 3.40. The lowest BCUT2D eigenvalue weighted by Gasteiger charge is -2.42. The number of hydrogen-bond acceptors (Lipinski definition) is 1. The van der Waals surface area contributed by atoms with Gasteiger partial charge in [-0.25, -0.2) is 0 Å². The third-order valence-corrected chi connectivity index (χ3v) is 4.51. The Morgan fingerprint density at radius 2 is 1.87 bits per heavy atom. The van der Waals surface area contributed by atoms with Crippen LogP contribution in [0.1, 0.15) is 38.3 Å². The molecular weight excluding hydrogens is 306 g/mol. The van der Waals surface area contributed by atoms with Gasteiger partial charge < -0.3 is 5.32 Å². The van der Waals surface area contributed by atoms with Gasteiger partial charge in [0.15, 0.2) is 0 Å². The second-order valence-corrected chi connectivity index (χ2v) is 7.09. The number of carbonyl (C=O) groups is 1. The van der Waals surface area contributed by atoms with Crippen LogP contribution >= 0.6 is 11.6 Å². The van der Waals surface area contributed by atoms with Crippen molar-refractivity contribution in [3.8, 4) is 0 Å². The summed E-state index contributed by atoms with van der Waals surface area (Å²) in [4.78, 5) is 11.5. The summed E-state index contributed by atoms with van der Waals surface area (Å²) in [6, 6.07) is 16.0. The third kappa shape index (κ3) is 3.04. The Morgan fingerprint density at radius 1 is 1.13 bits per heavy atom. The molecule has 1 amide bonds. The Bertz CT molecular complexity index is 805. The molecule has 3 heteroatoms. The summed E-state index contributed by atoms with van der Waals surface area (Å²) in [5.41, 5.74) is 5.80. The number of carbonyl (C=O) groups excluding carboxylic acids is 1. The average Bonchev–Trinajstić information content (AvgIpc) is 2.45. The molecule has 1 N–H and O–H groups in total. The lowest BCUT2D eigenvalue weighted by Crippen LogP contribution is -2.26. The van der Waals surface area contributed by atoms with Gasteiger partial charge in [-0.3, -0.25) is 4.79 Å². The molecule has 0 saturated heterocycles. The Morgan fingerprint density at radius 3 is 2.52 bits per heavy atom. The Hall–Kier alpha value is -2.06. The van der Waals surface area contributed by atoms with Crippen molar-refractivity contribution >= 4 is 34.3 Å². The monoisotopic (exact) mass is 325 g/mol. The molecule has 0 aliphatic heterocycles. The number of allylic oxidation sites excluding steroid dienone is 2. The minimum atomic E-state index is -0.0547. The van der Waals surface area contributed by atoms with Crippen molar-refractivity contribution in [2.75, 3.05) is 5.32 Å². The standard InChI is InChI=1S/C20H20ClNO/c1-13(23)22-18-10-5-4-9-16(18)17-12-20(2,3)19(17)14-7-6-8-15(21)11-14/h4-11H,12H2,1-3H3,(H,22,23). The predicted octanol–water partition coefficient (Wildman–Crippen LogP) is 5.64. The van der Waals surface area contributed by atoms with Crippen LogP contribution in [0.15, 0.2) is 48.5 Å². The number of amides is 1. The van der Waals surface area contributed by atoms with Gasteiger partial charge in [-0.15, -0.1) is 0 Å². The molecule has 0 unspecified atom stereocenters. The molecule has 0 bridgehead atoms. The molecule has 2 aromatic carbocycles. The first-order valence-corrected chi connectivity index (χ1v) is 8.13. The van der Waals surface area contributed by atoms with Gasteiger partial charge in [-0.2, -0.15) is 0 Å². The van der Waals surface area contributed by atoms with E-state index in [-0.39, 0.29) is 11.3 Å². The van der Waals surface area contributed by atoms with Gasteiger partial charge in [0, 0.05) is 23.2 Å². The number of hydrogen-bond donors (Lipinski definition) is 1. The van der Waals surface area contributed by atoms with E-state index in [1.54, 1.807) is 0 Å². The van der Waals surface area contributed by atoms with E-state index >= 15 is 0 Å². The zero-order chi connectivity index (χ0) is 16.6. The van der Waals surface area contributed by atoms with Gasteiger partial charge >= 0.3 is 0 Å². The van der Waals surface area contributed by atoms with Crippen molar-refractivity contribution in [2.24, 2.45) is 5.41 Å². The van der Waals surface area contributed by atoms with Gasteiger partial charge in [-0.1, -0.05) is 55.8 Å². The number of benzene rings is 2. The molecule has 0 spiro atoms. The van der Waals surface area contributed by atoms with Crippen LogP contribution in [-0.2, 0) is 4.79 Å². The van der Waals surface area contributed by atoms with E-state index in [2.05, 4.69) is 31.3 Å². The van der Waals surface area contributed by atoms with Crippen LogP contribution in [0.5, 0.6) is 0 Å². The molecule has 118 valence electrons. The molecule has 0 radical (unpaired) electrons. The summed E-state index contributed by atoms with van der Waals surface area (Å²) in [6.45, 7) is 6.02. The van der Waals surface area contributed by atoms with E-state index in [0.29, 0.717) is 0 Å². The maximum Gasteiger partial charge on any atom is 0.221 e. The van der Waals surface area contributed by atoms with Crippen LogP contribution in [0, 0.1) is 5.41 Å². The third-order valence-electron chi connectivity index (χ3n) is 4.27. The summed E-state index contributed by atoms with van der Waals surface area (Å²) < 4.78 is 0. The molecule has 3 rings (SSSR count). The van der Waals surface area contributed by atoms with E-state index in [1.807, 2.05) is 36.4 Å². The molecule has 2 nitrogen and oxygen atoms in total. The zero-order valence-corrected chi connectivity index (χ0v) is 14.4. The van der Waals surface area contributed by atoms with Crippen LogP contribution in [-0.4, -0.2) is 5.91 Å². The summed E-state index contributed by atoms with van der Waals surface area (Å²) in [7, 11) is 0. The van der Waals surface area contributed by atoms with Crippen molar-refractivity contribution in [2.45, 2.75) is 27.2 Å². The van der Waals surface area contributed by atoms with Crippen molar-refractivity contribution in [1.29, 1.82) is 0 Å². The number of anilines is 1. The molecule has 1 aliphatic rings. The van der Waals surface area contributed by atoms with Gasteiger partial charge in [0.2, 0.25) is 5.91 Å². The van der Waals surface area contributed by atoms with Crippen LogP contribution in [0.2, 0.25) is 5.02 Å². The smallest absolute Gasteiger partial charge is 0.221 e. The molecule has 0 saturated carbocycles. The Balaban J connectivity index is 2.15. The lowest BCUT2D eigenvalue weighted by molar-refractivity contribution is -0.114. The summed E-state index contributed by atoms with van der Waals surface area (Å²) >= 11 is 6.18. The minimum absolute atomic E-state index is 0.0547. The Kier molecular flexibility index (Phi) is 4.03. The van der Waals surface area contributed by atoms with Crippen LogP contribution in [0.4, 0.5) is 5.69 Å². The van der Waals surface area contributed by atoms with Crippen molar-refractivity contribution in [3.05, 3.63) is 64.7 Å². The van der Waals surface area contributed by atoms with E-state index in [1.165, 1.54) is 18.1 Å². The van der Waals surface area contributed by atoms with E-state index < -0.39 is 0 Å². The minimum Gasteiger partial charge on any atom is -0.326 e. The number of nitrogens with one attached hydrogen (secondary N) is 1. The van der Waals surface area contributed by atoms with Gasteiger partial charge in [0.1, 0.15) is 0 Å². The summed E-state index contributed by atoms with van der Waals surface area (Å²) in [6.07, 6.45) is 0.978. The van der Waals surface area contributed by atoms with Crippen LogP contribution in [0.25, 0.3) is 11.1 Å². The highest BCUT2D eigenvalue weighted by Gasteiger charge is 2.38. The average molecular weight is 326 g/mol. The summed E-state index contributed by atoms with van der Waals surface area (Å²) in [5, 5.41) is 3.68. The quantitative estimate of drug-likeness (QED) is 0.777. The van der Waals surface area contributed by atoms with Crippen molar-refractivity contribution in [1.82, 2.24) is 0 Å². The van der Waals surface area contributed by atoms with Crippen LogP contribution in [0.3, 0.4) is 0 Å².